The van der Waals surface area contributed by atoms with E-state index in [1.54, 1.807) is 0 Å². The first-order chi connectivity index (χ1) is 10.6. The average molecular weight is 304 g/mol. The lowest BCUT2D eigenvalue weighted by molar-refractivity contribution is 0.0493. The van der Waals surface area contributed by atoms with Crippen LogP contribution in [0.4, 0.5) is 0 Å². The molecule has 0 saturated heterocycles. The molecule has 0 aliphatic carbocycles. The summed E-state index contributed by atoms with van der Waals surface area (Å²) >= 11 is 0. The zero-order valence-electron chi connectivity index (χ0n) is 13.8. The molecule has 0 fully saturated rings. The monoisotopic (exact) mass is 304 g/mol. The van der Waals surface area contributed by atoms with Crippen LogP contribution in [-0.2, 0) is 31.3 Å². The van der Waals surface area contributed by atoms with Crippen molar-refractivity contribution in [2.75, 3.05) is 13.2 Å². The lowest BCUT2D eigenvalue weighted by Gasteiger charge is -2.35. The third-order valence-corrected chi connectivity index (χ3v) is 4.50. The van der Waals surface area contributed by atoms with Crippen LogP contribution < -0.4 is 0 Å². The number of rotatable bonds is 5. The van der Waals surface area contributed by atoms with Crippen LogP contribution in [0, 0.1) is 13.8 Å². The van der Waals surface area contributed by atoms with Gasteiger partial charge in [0.15, 0.2) is 0 Å². The van der Waals surface area contributed by atoms with Gasteiger partial charge >= 0.3 is 0 Å². The molecule has 0 spiro atoms. The third kappa shape index (κ3) is 2.80. The van der Waals surface area contributed by atoms with Gasteiger partial charge in [-0.3, -0.25) is 4.90 Å². The molecule has 1 aliphatic heterocycles. The second-order valence-corrected chi connectivity index (χ2v) is 5.97. The van der Waals surface area contributed by atoms with Gasteiger partial charge in [0.1, 0.15) is 5.76 Å². The fourth-order valence-corrected chi connectivity index (χ4v) is 3.11. The van der Waals surface area contributed by atoms with Crippen molar-refractivity contribution in [2.45, 2.75) is 46.3 Å². The van der Waals surface area contributed by atoms with Crippen LogP contribution in [0.25, 0.3) is 0 Å². The molecule has 6 nitrogen and oxygen atoms in total. The lowest BCUT2D eigenvalue weighted by atomic mass is 10.0. The molecule has 6 heteroatoms. The Morgan fingerprint density at radius 1 is 1.41 bits per heavy atom. The highest BCUT2D eigenvalue weighted by Crippen LogP contribution is 2.26. The van der Waals surface area contributed by atoms with E-state index < -0.39 is 0 Å². The van der Waals surface area contributed by atoms with Crippen molar-refractivity contribution < 1.29 is 9.26 Å². The number of fused-ring (bicyclic) bond motifs is 1. The van der Waals surface area contributed by atoms with Gasteiger partial charge in [0.05, 0.1) is 24.3 Å². The number of imidazole rings is 1. The van der Waals surface area contributed by atoms with Crippen LogP contribution in [0.3, 0.4) is 0 Å². The van der Waals surface area contributed by atoms with E-state index in [9.17, 15) is 0 Å². The summed E-state index contributed by atoms with van der Waals surface area (Å²) in [6, 6.07) is 0.358. The quantitative estimate of drug-likeness (QED) is 0.845. The molecule has 0 bridgehead atoms. The first kappa shape index (κ1) is 15.2. The zero-order chi connectivity index (χ0) is 15.7. The van der Waals surface area contributed by atoms with E-state index in [2.05, 4.69) is 26.7 Å². The van der Waals surface area contributed by atoms with Gasteiger partial charge in [-0.2, -0.15) is 0 Å². The number of ether oxygens (including phenoxy) is 1. The Kier molecular flexibility index (Phi) is 4.31. The maximum atomic E-state index is 5.70. The van der Waals surface area contributed by atoms with Crippen molar-refractivity contribution in [1.82, 2.24) is 19.6 Å². The Morgan fingerprint density at radius 3 is 2.91 bits per heavy atom. The minimum atomic E-state index is 0.358. The largest absolute Gasteiger partial charge is 0.380 e. The van der Waals surface area contributed by atoms with Crippen LogP contribution in [0.2, 0.25) is 0 Å². The van der Waals surface area contributed by atoms with Crippen molar-refractivity contribution in [3.05, 3.63) is 34.7 Å². The molecule has 1 unspecified atom stereocenters. The van der Waals surface area contributed by atoms with Gasteiger partial charge in [0.2, 0.25) is 0 Å². The van der Waals surface area contributed by atoms with Crippen LogP contribution in [0.1, 0.15) is 35.3 Å². The lowest BCUT2D eigenvalue weighted by Crippen LogP contribution is -2.43. The summed E-state index contributed by atoms with van der Waals surface area (Å²) in [4.78, 5) is 6.96. The summed E-state index contributed by atoms with van der Waals surface area (Å²) in [6.07, 6.45) is 2.87. The molecule has 0 amide bonds. The van der Waals surface area contributed by atoms with Crippen molar-refractivity contribution in [3.63, 3.8) is 0 Å². The molecule has 120 valence electrons. The summed E-state index contributed by atoms with van der Waals surface area (Å²) in [7, 11) is 2.06. The molecular weight excluding hydrogens is 280 g/mol. The molecule has 0 N–H and O–H groups in total. The SMILES string of the molecule is CCOCC1Cc2c(ncn2C)CN1Cc1c(C)noc1C. The molecular formula is C16H24N4O2. The van der Waals surface area contributed by atoms with Gasteiger partial charge in [-0.25, -0.2) is 4.98 Å². The van der Waals surface area contributed by atoms with Crippen LogP contribution in [-0.4, -0.2) is 38.9 Å². The highest BCUT2D eigenvalue weighted by molar-refractivity contribution is 5.23. The minimum Gasteiger partial charge on any atom is -0.380 e. The molecule has 0 aromatic carbocycles. The maximum absolute atomic E-state index is 5.70. The van der Waals surface area contributed by atoms with Crippen molar-refractivity contribution in [3.8, 4) is 0 Å². The van der Waals surface area contributed by atoms with Crippen LogP contribution >= 0.6 is 0 Å². The highest BCUT2D eigenvalue weighted by Gasteiger charge is 2.30. The fourth-order valence-electron chi connectivity index (χ4n) is 3.11. The van der Waals surface area contributed by atoms with Gasteiger partial charge in [0.25, 0.3) is 0 Å². The molecule has 0 radical (unpaired) electrons. The first-order valence-electron chi connectivity index (χ1n) is 7.82. The number of nitrogens with zero attached hydrogens (tertiary/aromatic N) is 4. The van der Waals surface area contributed by atoms with E-state index in [1.807, 2.05) is 27.1 Å². The number of hydrogen-bond acceptors (Lipinski definition) is 5. The summed E-state index contributed by atoms with van der Waals surface area (Å²) in [5.74, 6) is 0.902. The first-order valence-corrected chi connectivity index (χ1v) is 7.82. The Labute approximate surface area is 131 Å². The second kappa shape index (κ2) is 6.22. The smallest absolute Gasteiger partial charge is 0.138 e. The molecule has 0 saturated carbocycles. The van der Waals surface area contributed by atoms with E-state index in [1.165, 1.54) is 17.0 Å². The maximum Gasteiger partial charge on any atom is 0.138 e. The molecule has 3 heterocycles. The average Bonchev–Trinajstić information content (AvgIpc) is 3.02. The van der Waals surface area contributed by atoms with Gasteiger partial charge in [-0.05, 0) is 20.8 Å². The summed E-state index contributed by atoms with van der Waals surface area (Å²) in [5.41, 5.74) is 4.64. The van der Waals surface area contributed by atoms with Crippen molar-refractivity contribution in [2.24, 2.45) is 7.05 Å². The van der Waals surface area contributed by atoms with E-state index in [-0.39, 0.29) is 0 Å². The summed E-state index contributed by atoms with van der Waals surface area (Å²) < 4.78 is 13.1. The van der Waals surface area contributed by atoms with Gasteiger partial charge in [0, 0.05) is 50.5 Å². The van der Waals surface area contributed by atoms with E-state index >= 15 is 0 Å². The van der Waals surface area contributed by atoms with Gasteiger partial charge in [-0.1, -0.05) is 5.16 Å². The van der Waals surface area contributed by atoms with E-state index in [4.69, 9.17) is 9.26 Å². The van der Waals surface area contributed by atoms with Crippen LogP contribution in [0.5, 0.6) is 0 Å². The van der Waals surface area contributed by atoms with Crippen LogP contribution in [0.15, 0.2) is 10.9 Å². The standard InChI is InChI=1S/C16H24N4O2/c1-5-21-9-13-6-16-15(17-10-19(16)4)8-20(13)7-14-11(2)18-22-12(14)3/h10,13H,5-9H2,1-4H3. The molecule has 3 rings (SSSR count). The Bertz CT molecular complexity index is 627. The number of hydrogen-bond donors (Lipinski definition) is 0. The van der Waals surface area contributed by atoms with E-state index in [0.29, 0.717) is 6.04 Å². The Morgan fingerprint density at radius 2 is 2.23 bits per heavy atom. The topological polar surface area (TPSA) is 56.3 Å². The summed E-state index contributed by atoms with van der Waals surface area (Å²) in [5, 5.41) is 4.06. The Hall–Kier alpha value is -1.66. The van der Waals surface area contributed by atoms with Crippen molar-refractivity contribution in [1.29, 1.82) is 0 Å². The van der Waals surface area contributed by atoms with Crippen molar-refractivity contribution >= 4 is 0 Å². The minimum absolute atomic E-state index is 0.358. The van der Waals surface area contributed by atoms with E-state index in [0.717, 1.165) is 44.2 Å². The fraction of sp³-hybridized carbons (Fsp3) is 0.625. The normalized spacial score (nSPS) is 18.6. The zero-order valence-corrected chi connectivity index (χ0v) is 13.8. The van der Waals surface area contributed by atoms with Gasteiger partial charge < -0.3 is 13.8 Å². The van der Waals surface area contributed by atoms with Gasteiger partial charge in [-0.15, -0.1) is 0 Å². The summed E-state index contributed by atoms with van der Waals surface area (Å²) in [6.45, 7) is 9.17. The highest BCUT2D eigenvalue weighted by atomic mass is 16.5. The molecule has 2 aromatic rings. The number of aromatic nitrogens is 3. The predicted molar refractivity (Wildman–Crippen MR) is 82.4 cm³/mol. The Balaban J connectivity index is 1.83. The molecule has 1 atom stereocenters. The molecule has 2 aromatic heterocycles. The molecule has 22 heavy (non-hydrogen) atoms. The second-order valence-electron chi connectivity index (χ2n) is 5.97. The number of aryl methyl sites for hydroxylation is 3. The molecule has 1 aliphatic rings. The third-order valence-electron chi connectivity index (χ3n) is 4.50. The predicted octanol–water partition coefficient (Wildman–Crippen LogP) is 1.99.